The molecule has 0 radical (unpaired) electrons. The molecule has 1 saturated carbocycles. The van der Waals surface area contributed by atoms with E-state index in [1.165, 1.54) is 0 Å². The van der Waals surface area contributed by atoms with Gasteiger partial charge in [-0.2, -0.15) is 0 Å². The summed E-state index contributed by atoms with van der Waals surface area (Å²) < 4.78 is 28.2. The molecule has 27 heavy (non-hydrogen) atoms. The van der Waals surface area contributed by atoms with Gasteiger partial charge in [-0.3, -0.25) is 4.79 Å². The fraction of sp³-hybridized carbons (Fsp3) is 0.450. The van der Waals surface area contributed by atoms with Crippen LogP contribution in [0.5, 0.6) is 5.75 Å². The standard InChI is InChI=1S/C20H26N2O4S/c1-12-5-10-15(16(11-12)26-4)19(23)22-18-17(20(18,2)3)13-6-8-14(9-7-13)27(21,24)25/h5-6,8-11,13,17-18H,7H2,1-4H3,(H,22,23)(H2,21,24,25)/t13?,17-,18-/m0/s1. The number of hydrogen-bond donors (Lipinski definition) is 2. The number of allylic oxidation sites excluding steroid dienone is 3. The highest BCUT2D eigenvalue weighted by atomic mass is 32.2. The molecule has 146 valence electrons. The molecule has 1 amide bonds. The molecule has 0 saturated heterocycles. The minimum atomic E-state index is -3.67. The molecule has 0 heterocycles. The number of sulfonamides is 1. The number of benzene rings is 1. The van der Waals surface area contributed by atoms with Crippen molar-refractivity contribution in [3.8, 4) is 5.75 Å². The lowest BCUT2D eigenvalue weighted by Crippen LogP contribution is -2.30. The van der Waals surface area contributed by atoms with E-state index in [4.69, 9.17) is 9.88 Å². The summed E-state index contributed by atoms with van der Waals surface area (Å²) in [6.07, 6.45) is 5.72. The van der Waals surface area contributed by atoms with Crippen LogP contribution in [0.2, 0.25) is 0 Å². The van der Waals surface area contributed by atoms with Gasteiger partial charge in [0.2, 0.25) is 10.0 Å². The highest BCUT2D eigenvalue weighted by Gasteiger charge is 2.61. The summed E-state index contributed by atoms with van der Waals surface area (Å²) >= 11 is 0. The van der Waals surface area contributed by atoms with Gasteiger partial charge in [-0.15, -0.1) is 0 Å². The first-order valence-electron chi connectivity index (χ1n) is 8.92. The second kappa shape index (κ2) is 6.80. The molecule has 7 heteroatoms. The van der Waals surface area contributed by atoms with Crippen molar-refractivity contribution in [2.75, 3.05) is 7.11 Å². The van der Waals surface area contributed by atoms with Crippen LogP contribution in [0.3, 0.4) is 0 Å². The first kappa shape index (κ1) is 19.6. The van der Waals surface area contributed by atoms with E-state index >= 15 is 0 Å². The average Bonchev–Trinajstić information content (AvgIpc) is 3.14. The number of nitrogens with one attached hydrogen (secondary N) is 1. The van der Waals surface area contributed by atoms with Crippen LogP contribution in [0.15, 0.2) is 41.3 Å². The van der Waals surface area contributed by atoms with E-state index < -0.39 is 10.0 Å². The molecule has 0 bridgehead atoms. The van der Waals surface area contributed by atoms with Crippen molar-refractivity contribution in [2.45, 2.75) is 33.2 Å². The van der Waals surface area contributed by atoms with Crippen molar-refractivity contribution >= 4 is 15.9 Å². The predicted octanol–water partition coefficient (Wildman–Crippen LogP) is 2.51. The molecule has 1 aromatic carbocycles. The zero-order valence-corrected chi connectivity index (χ0v) is 16.8. The Balaban J connectivity index is 1.72. The zero-order valence-electron chi connectivity index (χ0n) is 16.0. The first-order chi connectivity index (χ1) is 12.6. The average molecular weight is 391 g/mol. The molecule has 3 atom stereocenters. The van der Waals surface area contributed by atoms with E-state index in [-0.39, 0.29) is 34.1 Å². The Morgan fingerprint density at radius 2 is 2.04 bits per heavy atom. The van der Waals surface area contributed by atoms with Gasteiger partial charge in [-0.05, 0) is 54.4 Å². The Kier molecular flexibility index (Phi) is 4.94. The van der Waals surface area contributed by atoms with E-state index in [1.807, 2.05) is 25.1 Å². The number of primary sulfonamides is 1. The minimum absolute atomic E-state index is 0.00935. The number of rotatable bonds is 5. The van der Waals surface area contributed by atoms with Gasteiger partial charge >= 0.3 is 0 Å². The predicted molar refractivity (Wildman–Crippen MR) is 105 cm³/mol. The van der Waals surface area contributed by atoms with Crippen LogP contribution in [0.4, 0.5) is 0 Å². The van der Waals surface area contributed by atoms with Gasteiger partial charge in [-0.25, -0.2) is 13.6 Å². The van der Waals surface area contributed by atoms with Crippen molar-refractivity contribution in [3.63, 3.8) is 0 Å². The van der Waals surface area contributed by atoms with Crippen LogP contribution in [-0.4, -0.2) is 27.5 Å². The van der Waals surface area contributed by atoms with Gasteiger partial charge < -0.3 is 10.1 Å². The van der Waals surface area contributed by atoms with E-state index in [9.17, 15) is 13.2 Å². The maximum absolute atomic E-state index is 12.8. The largest absolute Gasteiger partial charge is 0.496 e. The summed E-state index contributed by atoms with van der Waals surface area (Å²) in [5.74, 6) is 0.789. The number of amides is 1. The molecule has 2 aliphatic carbocycles. The number of methoxy groups -OCH3 is 1. The maximum Gasteiger partial charge on any atom is 0.255 e. The van der Waals surface area contributed by atoms with E-state index in [0.717, 1.165) is 5.56 Å². The molecule has 2 aliphatic rings. The topological polar surface area (TPSA) is 98.5 Å². The molecule has 0 aliphatic heterocycles. The highest BCUT2D eigenvalue weighted by molar-refractivity contribution is 7.93. The van der Waals surface area contributed by atoms with Gasteiger partial charge in [-0.1, -0.05) is 32.1 Å². The summed E-state index contributed by atoms with van der Waals surface area (Å²) in [7, 11) is -2.12. The quantitative estimate of drug-likeness (QED) is 0.807. The molecular weight excluding hydrogens is 364 g/mol. The zero-order chi connectivity index (χ0) is 20.0. The molecule has 1 unspecified atom stereocenters. The van der Waals surface area contributed by atoms with Gasteiger partial charge in [0.1, 0.15) is 5.75 Å². The molecule has 0 aromatic heterocycles. The third-order valence-corrected chi connectivity index (χ3v) is 6.65. The maximum atomic E-state index is 12.8. The normalized spacial score (nSPS) is 26.3. The molecule has 1 fully saturated rings. The second-order valence-corrected chi connectivity index (χ2v) is 9.47. The fourth-order valence-electron chi connectivity index (χ4n) is 4.05. The SMILES string of the molecule is COc1cc(C)ccc1C(=O)N[C@H]1[C@H](C2C=CC(S(N)(=O)=O)=CC2)C1(C)C. The van der Waals surface area contributed by atoms with Crippen molar-refractivity contribution < 1.29 is 17.9 Å². The number of aryl methyl sites for hydroxylation is 1. The highest BCUT2D eigenvalue weighted by Crippen LogP contribution is 2.57. The molecule has 3 N–H and O–H groups in total. The minimum Gasteiger partial charge on any atom is -0.496 e. The van der Waals surface area contributed by atoms with Crippen molar-refractivity contribution in [3.05, 3.63) is 52.5 Å². The number of nitrogens with two attached hydrogens (primary N) is 1. The third-order valence-electron chi connectivity index (χ3n) is 5.69. The van der Waals surface area contributed by atoms with Gasteiger partial charge in [0, 0.05) is 6.04 Å². The van der Waals surface area contributed by atoms with Gasteiger partial charge in [0.25, 0.3) is 5.91 Å². The molecular formula is C20H26N2O4S. The van der Waals surface area contributed by atoms with E-state index in [0.29, 0.717) is 17.7 Å². The number of hydrogen-bond acceptors (Lipinski definition) is 4. The summed E-state index contributed by atoms with van der Waals surface area (Å²) in [5, 5.41) is 8.31. The number of ether oxygens (including phenoxy) is 1. The summed E-state index contributed by atoms with van der Waals surface area (Å²) in [5.41, 5.74) is 1.47. The van der Waals surface area contributed by atoms with Crippen LogP contribution in [0.25, 0.3) is 0 Å². The Hall–Kier alpha value is -2.12. The number of carbonyl (C=O) groups is 1. The Morgan fingerprint density at radius 1 is 1.33 bits per heavy atom. The Bertz CT molecular complexity index is 931. The first-order valence-corrected chi connectivity index (χ1v) is 10.5. The van der Waals surface area contributed by atoms with Crippen LogP contribution >= 0.6 is 0 Å². The van der Waals surface area contributed by atoms with Crippen LogP contribution in [0, 0.1) is 24.2 Å². The van der Waals surface area contributed by atoms with Crippen LogP contribution < -0.4 is 15.2 Å². The van der Waals surface area contributed by atoms with E-state index in [2.05, 4.69) is 19.2 Å². The Morgan fingerprint density at radius 3 is 2.59 bits per heavy atom. The molecule has 0 spiro atoms. The van der Waals surface area contributed by atoms with Gasteiger partial charge in [0.15, 0.2) is 0 Å². The van der Waals surface area contributed by atoms with E-state index in [1.54, 1.807) is 25.3 Å². The Labute approximate surface area is 160 Å². The summed E-state index contributed by atoms with van der Waals surface area (Å²) in [6.45, 7) is 6.17. The van der Waals surface area contributed by atoms with Gasteiger partial charge in [0.05, 0.1) is 17.6 Å². The lowest BCUT2D eigenvalue weighted by atomic mass is 9.91. The molecule has 1 aromatic rings. The monoisotopic (exact) mass is 390 g/mol. The van der Waals surface area contributed by atoms with Crippen molar-refractivity contribution in [2.24, 2.45) is 22.4 Å². The lowest BCUT2D eigenvalue weighted by molar-refractivity contribution is 0.0941. The smallest absolute Gasteiger partial charge is 0.255 e. The second-order valence-electron chi connectivity index (χ2n) is 7.91. The van der Waals surface area contributed by atoms with Crippen LogP contribution in [0.1, 0.15) is 36.2 Å². The third kappa shape index (κ3) is 3.80. The van der Waals surface area contributed by atoms with Crippen LogP contribution in [-0.2, 0) is 10.0 Å². The van der Waals surface area contributed by atoms with Crippen molar-refractivity contribution in [1.29, 1.82) is 0 Å². The summed E-state index contributed by atoms with van der Waals surface area (Å²) in [6, 6.07) is 5.51. The summed E-state index contributed by atoms with van der Waals surface area (Å²) in [4.78, 5) is 12.9. The molecule has 3 rings (SSSR count). The number of carbonyl (C=O) groups excluding carboxylic acids is 1. The fourth-order valence-corrected chi connectivity index (χ4v) is 4.65. The van der Waals surface area contributed by atoms with Crippen molar-refractivity contribution in [1.82, 2.24) is 5.32 Å². The molecule has 6 nitrogen and oxygen atoms in total. The lowest BCUT2D eigenvalue weighted by Gasteiger charge is -2.16.